The zero-order valence-corrected chi connectivity index (χ0v) is 12.4. The normalized spacial score (nSPS) is 29.6. The first-order valence-electron chi connectivity index (χ1n) is 6.53. The fourth-order valence-electron chi connectivity index (χ4n) is 2.96. The largest absolute Gasteiger partial charge is 0.469 e. The first kappa shape index (κ1) is 14.0. The predicted molar refractivity (Wildman–Crippen MR) is 74.9 cm³/mol. The van der Waals surface area contributed by atoms with Crippen molar-refractivity contribution in [2.75, 3.05) is 7.11 Å². The Morgan fingerprint density at radius 1 is 1.52 bits per heavy atom. The van der Waals surface area contributed by atoms with E-state index in [1.165, 1.54) is 7.11 Å². The molecule has 0 radical (unpaired) electrons. The molecule has 6 nitrogen and oxygen atoms in total. The molecule has 1 aromatic carbocycles. The zero-order valence-electron chi connectivity index (χ0n) is 11.6. The van der Waals surface area contributed by atoms with Crippen molar-refractivity contribution in [1.82, 2.24) is 10.6 Å². The molecule has 112 valence electrons. The number of carbonyl (C=O) groups excluding carboxylic acids is 2. The average Bonchev–Trinajstić information content (AvgIpc) is 2.45. The van der Waals surface area contributed by atoms with E-state index in [0.29, 0.717) is 11.6 Å². The van der Waals surface area contributed by atoms with Crippen LogP contribution >= 0.6 is 11.6 Å². The van der Waals surface area contributed by atoms with E-state index in [1.54, 1.807) is 13.0 Å². The number of rotatable bonds is 2. The molecule has 0 aliphatic carbocycles. The molecule has 2 aliphatic heterocycles. The number of halogens is 1. The number of fused-ring (bicyclic) bond motifs is 4. The minimum atomic E-state index is -1.14. The zero-order chi connectivity index (χ0) is 15.2. The maximum atomic E-state index is 12.1. The van der Waals surface area contributed by atoms with E-state index in [-0.39, 0.29) is 6.03 Å². The quantitative estimate of drug-likeness (QED) is 0.643. The fraction of sp³-hybridized carbons (Fsp3) is 0.429. The van der Waals surface area contributed by atoms with Crippen LogP contribution in [0.15, 0.2) is 18.2 Å². The Balaban J connectivity index is 2.14. The van der Waals surface area contributed by atoms with Gasteiger partial charge in [-0.3, -0.25) is 10.1 Å². The van der Waals surface area contributed by atoms with Crippen molar-refractivity contribution in [2.24, 2.45) is 5.92 Å². The topological polar surface area (TPSA) is 76.7 Å². The van der Waals surface area contributed by atoms with Gasteiger partial charge in [0.1, 0.15) is 11.7 Å². The monoisotopic (exact) mass is 310 g/mol. The molecule has 1 fully saturated rings. The number of esters is 1. The molecule has 7 heteroatoms. The van der Waals surface area contributed by atoms with Crippen LogP contribution < -0.4 is 15.4 Å². The van der Waals surface area contributed by atoms with Crippen LogP contribution in [0.1, 0.15) is 24.1 Å². The maximum absolute atomic E-state index is 12.1. The third-order valence-corrected chi connectivity index (χ3v) is 4.22. The summed E-state index contributed by atoms with van der Waals surface area (Å²) in [7, 11) is 1.31. The number of methoxy groups -OCH3 is 1. The van der Waals surface area contributed by atoms with E-state index >= 15 is 0 Å². The minimum Gasteiger partial charge on any atom is -0.469 e. The molecule has 0 spiro atoms. The summed E-state index contributed by atoms with van der Waals surface area (Å²) in [6.07, 6.45) is 0. The van der Waals surface area contributed by atoms with Crippen molar-refractivity contribution in [3.05, 3.63) is 29.3 Å². The van der Waals surface area contributed by atoms with Gasteiger partial charge in [-0.15, -0.1) is 11.6 Å². The number of urea groups is 1. The van der Waals surface area contributed by atoms with E-state index in [2.05, 4.69) is 10.6 Å². The van der Waals surface area contributed by atoms with Gasteiger partial charge in [-0.1, -0.05) is 6.07 Å². The number of hydrogen-bond donors (Lipinski definition) is 2. The van der Waals surface area contributed by atoms with Crippen LogP contribution in [0.4, 0.5) is 4.79 Å². The Labute approximate surface area is 126 Å². The highest BCUT2D eigenvalue weighted by molar-refractivity contribution is 6.17. The average molecular weight is 311 g/mol. The second-order valence-electron chi connectivity index (χ2n) is 5.29. The van der Waals surface area contributed by atoms with Gasteiger partial charge in [-0.05, 0) is 24.6 Å². The van der Waals surface area contributed by atoms with Crippen LogP contribution in [0.3, 0.4) is 0 Å². The van der Waals surface area contributed by atoms with Gasteiger partial charge in [0, 0.05) is 11.4 Å². The van der Waals surface area contributed by atoms with Crippen molar-refractivity contribution < 1.29 is 19.1 Å². The molecular formula is C14H15ClN2O4. The standard InChI is InChI=1S/C14H15ClN2O4/c1-14-10(12(18)20-2)11(16-13(19)17-14)8-5-7(6-15)3-4-9(8)21-14/h3-5,10-11H,6H2,1-2H3,(H2,16,17,19). The SMILES string of the molecule is COC(=O)C1C2NC(=O)NC1(C)Oc1ccc(CCl)cc12. The molecule has 21 heavy (non-hydrogen) atoms. The summed E-state index contributed by atoms with van der Waals surface area (Å²) in [5.41, 5.74) is 0.477. The van der Waals surface area contributed by atoms with Gasteiger partial charge in [0.25, 0.3) is 0 Å². The molecule has 2 amide bonds. The van der Waals surface area contributed by atoms with Gasteiger partial charge in [0.2, 0.25) is 0 Å². The number of hydrogen-bond acceptors (Lipinski definition) is 4. The molecule has 3 unspecified atom stereocenters. The van der Waals surface area contributed by atoms with E-state index < -0.39 is 23.7 Å². The Morgan fingerprint density at radius 2 is 2.29 bits per heavy atom. The fourth-order valence-corrected chi connectivity index (χ4v) is 3.13. The highest BCUT2D eigenvalue weighted by Crippen LogP contribution is 2.45. The molecular weight excluding hydrogens is 296 g/mol. The molecule has 0 saturated carbocycles. The molecule has 1 saturated heterocycles. The van der Waals surface area contributed by atoms with Crippen LogP contribution in [-0.2, 0) is 15.4 Å². The first-order chi connectivity index (χ1) is 9.98. The molecule has 3 rings (SSSR count). The van der Waals surface area contributed by atoms with Gasteiger partial charge in [-0.25, -0.2) is 4.79 Å². The molecule has 2 bridgehead atoms. The number of amides is 2. The summed E-state index contributed by atoms with van der Waals surface area (Å²) in [5.74, 6) is -0.175. The second kappa shape index (κ2) is 4.80. The summed E-state index contributed by atoms with van der Waals surface area (Å²) in [5, 5.41) is 5.43. The molecule has 3 atom stereocenters. The summed E-state index contributed by atoms with van der Waals surface area (Å²) in [4.78, 5) is 24.0. The van der Waals surface area contributed by atoms with E-state index in [4.69, 9.17) is 21.1 Å². The van der Waals surface area contributed by atoms with Crippen molar-refractivity contribution in [3.63, 3.8) is 0 Å². The molecule has 2 aliphatic rings. The van der Waals surface area contributed by atoms with Crippen molar-refractivity contribution in [3.8, 4) is 5.75 Å². The summed E-state index contributed by atoms with van der Waals surface area (Å²) >= 11 is 5.85. The highest BCUT2D eigenvalue weighted by atomic mass is 35.5. The van der Waals surface area contributed by atoms with Crippen LogP contribution in [-0.4, -0.2) is 24.8 Å². The summed E-state index contributed by atoms with van der Waals surface area (Å²) in [6.45, 7) is 1.67. The third-order valence-electron chi connectivity index (χ3n) is 3.92. The van der Waals surface area contributed by atoms with Crippen LogP contribution in [0.5, 0.6) is 5.75 Å². The van der Waals surface area contributed by atoms with E-state index in [1.807, 2.05) is 12.1 Å². The van der Waals surface area contributed by atoms with Gasteiger partial charge in [-0.2, -0.15) is 0 Å². The van der Waals surface area contributed by atoms with Crippen molar-refractivity contribution in [1.29, 1.82) is 0 Å². The number of nitrogens with one attached hydrogen (secondary N) is 2. The lowest BCUT2D eigenvalue weighted by Gasteiger charge is -2.48. The van der Waals surface area contributed by atoms with Crippen molar-refractivity contribution >= 4 is 23.6 Å². The minimum absolute atomic E-state index is 0.340. The molecule has 1 aromatic rings. The Morgan fingerprint density at radius 3 is 2.95 bits per heavy atom. The lowest BCUT2D eigenvalue weighted by Crippen LogP contribution is -2.70. The lowest BCUT2D eigenvalue weighted by atomic mass is 9.80. The van der Waals surface area contributed by atoms with E-state index in [9.17, 15) is 9.59 Å². The molecule has 2 N–H and O–H groups in total. The maximum Gasteiger partial charge on any atom is 0.318 e. The van der Waals surface area contributed by atoms with Crippen LogP contribution in [0.2, 0.25) is 0 Å². The van der Waals surface area contributed by atoms with Gasteiger partial charge >= 0.3 is 12.0 Å². The van der Waals surface area contributed by atoms with Gasteiger partial charge in [0.05, 0.1) is 13.2 Å². The number of benzene rings is 1. The number of carbonyl (C=O) groups is 2. The number of alkyl halides is 1. The van der Waals surface area contributed by atoms with Gasteiger partial charge in [0.15, 0.2) is 5.72 Å². The van der Waals surface area contributed by atoms with Crippen LogP contribution in [0, 0.1) is 5.92 Å². The third kappa shape index (κ3) is 2.10. The van der Waals surface area contributed by atoms with Crippen molar-refractivity contribution in [2.45, 2.75) is 24.6 Å². The lowest BCUT2D eigenvalue weighted by molar-refractivity contribution is -0.160. The number of ether oxygens (including phenoxy) is 2. The Bertz CT molecular complexity index is 621. The molecule has 0 aromatic heterocycles. The van der Waals surface area contributed by atoms with Crippen LogP contribution in [0.25, 0.3) is 0 Å². The predicted octanol–water partition coefficient (Wildman–Crippen LogP) is 1.68. The molecule has 2 heterocycles. The first-order valence-corrected chi connectivity index (χ1v) is 7.06. The summed E-state index contributed by atoms with van der Waals surface area (Å²) < 4.78 is 10.7. The van der Waals surface area contributed by atoms with E-state index in [0.717, 1.165) is 11.1 Å². The smallest absolute Gasteiger partial charge is 0.318 e. The second-order valence-corrected chi connectivity index (χ2v) is 5.56. The summed E-state index contributed by atoms with van der Waals surface area (Å²) in [6, 6.07) is 4.59. The Hall–Kier alpha value is -1.95. The highest BCUT2D eigenvalue weighted by Gasteiger charge is 2.56. The Kier molecular flexibility index (Phi) is 3.20. The van der Waals surface area contributed by atoms with Gasteiger partial charge < -0.3 is 14.8 Å².